The van der Waals surface area contributed by atoms with Crippen LogP contribution in [0.15, 0.2) is 59.1 Å². The van der Waals surface area contributed by atoms with Gasteiger partial charge in [-0.1, -0.05) is 35.5 Å². The van der Waals surface area contributed by atoms with Crippen molar-refractivity contribution >= 4 is 0 Å². The Bertz CT molecular complexity index is 1160. The fraction of sp³-hybridized carbons (Fsp3) is 0.190. The summed E-state index contributed by atoms with van der Waals surface area (Å²) >= 11 is 0. The molecule has 0 saturated heterocycles. The molecule has 4 aromatic rings. The van der Waals surface area contributed by atoms with Gasteiger partial charge in [0.2, 0.25) is 5.82 Å². The van der Waals surface area contributed by atoms with Crippen LogP contribution in [0.5, 0.6) is 5.75 Å². The van der Waals surface area contributed by atoms with Gasteiger partial charge in [-0.3, -0.25) is 4.68 Å². The molecule has 7 nitrogen and oxygen atoms in total. The molecule has 1 atom stereocenters. The lowest BCUT2D eigenvalue weighted by molar-refractivity contribution is -0.00113. The standard InChI is InChI=1S/C21H17FN4O3/c1-27-18-8-7-14(9-16(18)22)20-23-21(29-25-20)17-10-15-12-28-19(11-26(15)24-17)13-5-3-2-4-6-13/h2-10,19H,11-12H2,1H3/t19-/m1/s1. The van der Waals surface area contributed by atoms with Crippen LogP contribution in [0.4, 0.5) is 4.39 Å². The fourth-order valence-corrected chi connectivity index (χ4v) is 3.35. The van der Waals surface area contributed by atoms with E-state index in [-0.39, 0.29) is 23.6 Å². The van der Waals surface area contributed by atoms with Crippen LogP contribution in [0.1, 0.15) is 17.4 Å². The van der Waals surface area contributed by atoms with Crippen LogP contribution in [0.2, 0.25) is 0 Å². The summed E-state index contributed by atoms with van der Waals surface area (Å²) in [6.45, 7) is 1.04. The average Bonchev–Trinajstić information content (AvgIpc) is 3.41. The molecular formula is C21H17FN4O3. The van der Waals surface area contributed by atoms with E-state index in [0.717, 1.165) is 11.3 Å². The molecule has 0 spiro atoms. The van der Waals surface area contributed by atoms with Crippen LogP contribution >= 0.6 is 0 Å². The molecule has 0 bridgehead atoms. The van der Waals surface area contributed by atoms with E-state index >= 15 is 0 Å². The second-order valence-corrected chi connectivity index (χ2v) is 6.69. The van der Waals surface area contributed by atoms with Crippen molar-refractivity contribution in [3.05, 3.63) is 71.7 Å². The lowest BCUT2D eigenvalue weighted by atomic mass is 10.1. The van der Waals surface area contributed by atoms with Crippen molar-refractivity contribution in [3.63, 3.8) is 0 Å². The molecule has 0 saturated carbocycles. The Kier molecular flexibility index (Phi) is 4.33. The van der Waals surface area contributed by atoms with E-state index in [2.05, 4.69) is 15.2 Å². The van der Waals surface area contributed by atoms with Gasteiger partial charge in [-0.15, -0.1) is 0 Å². The van der Waals surface area contributed by atoms with Crippen molar-refractivity contribution in [2.75, 3.05) is 7.11 Å². The monoisotopic (exact) mass is 392 g/mol. The highest BCUT2D eigenvalue weighted by molar-refractivity contribution is 5.59. The summed E-state index contributed by atoms with van der Waals surface area (Å²) in [5.41, 5.74) is 3.10. The van der Waals surface area contributed by atoms with Gasteiger partial charge in [-0.25, -0.2) is 4.39 Å². The Labute approximate surface area is 165 Å². The molecule has 2 aromatic heterocycles. The van der Waals surface area contributed by atoms with Crippen LogP contribution in [-0.2, 0) is 17.9 Å². The minimum absolute atomic E-state index is 0.0584. The Hall–Kier alpha value is -3.52. The number of rotatable bonds is 4. The average molecular weight is 392 g/mol. The Morgan fingerprint density at radius 2 is 2.00 bits per heavy atom. The molecule has 0 unspecified atom stereocenters. The molecule has 0 radical (unpaired) electrons. The quantitative estimate of drug-likeness (QED) is 0.522. The van der Waals surface area contributed by atoms with Crippen molar-refractivity contribution < 1.29 is 18.4 Å². The Morgan fingerprint density at radius 3 is 2.79 bits per heavy atom. The van der Waals surface area contributed by atoms with Gasteiger partial charge in [0.05, 0.1) is 26.0 Å². The minimum Gasteiger partial charge on any atom is -0.494 e. The van der Waals surface area contributed by atoms with Gasteiger partial charge in [-0.2, -0.15) is 10.1 Å². The SMILES string of the molecule is COc1ccc(-c2noc(-c3cc4n(n3)C[C@H](c3ccccc3)OC4)n2)cc1F. The zero-order valence-electron chi connectivity index (χ0n) is 15.6. The molecule has 0 N–H and O–H groups in total. The normalized spacial score (nSPS) is 15.9. The highest BCUT2D eigenvalue weighted by atomic mass is 19.1. The third kappa shape index (κ3) is 3.27. The number of benzene rings is 2. The summed E-state index contributed by atoms with van der Waals surface area (Å²) < 4.78 is 32.1. The first kappa shape index (κ1) is 17.6. The number of aromatic nitrogens is 4. The second-order valence-electron chi connectivity index (χ2n) is 6.69. The summed E-state index contributed by atoms with van der Waals surface area (Å²) in [5.74, 6) is 0.227. The Morgan fingerprint density at radius 1 is 1.14 bits per heavy atom. The van der Waals surface area contributed by atoms with Crippen molar-refractivity contribution in [1.29, 1.82) is 0 Å². The minimum atomic E-state index is -0.488. The van der Waals surface area contributed by atoms with Crippen LogP contribution < -0.4 is 4.74 Å². The van der Waals surface area contributed by atoms with Gasteiger partial charge in [0, 0.05) is 5.56 Å². The lowest BCUT2D eigenvalue weighted by Crippen LogP contribution is -2.21. The van der Waals surface area contributed by atoms with Gasteiger partial charge < -0.3 is 14.0 Å². The zero-order chi connectivity index (χ0) is 19.8. The van der Waals surface area contributed by atoms with Crippen LogP contribution in [0.3, 0.4) is 0 Å². The van der Waals surface area contributed by atoms with Crippen LogP contribution in [0.25, 0.3) is 23.0 Å². The van der Waals surface area contributed by atoms with Crippen LogP contribution in [-0.4, -0.2) is 27.0 Å². The number of halogens is 1. The lowest BCUT2D eigenvalue weighted by Gasteiger charge is -2.24. The van der Waals surface area contributed by atoms with E-state index in [1.54, 1.807) is 6.07 Å². The number of fused-ring (bicyclic) bond motifs is 1. The maximum Gasteiger partial charge on any atom is 0.278 e. The highest BCUT2D eigenvalue weighted by Crippen LogP contribution is 2.30. The second kappa shape index (κ2) is 7.14. The zero-order valence-corrected chi connectivity index (χ0v) is 15.6. The molecule has 1 aliphatic rings. The number of hydrogen-bond donors (Lipinski definition) is 0. The number of methoxy groups -OCH3 is 1. The van der Waals surface area contributed by atoms with E-state index in [9.17, 15) is 4.39 Å². The summed E-state index contributed by atoms with van der Waals surface area (Å²) in [6.07, 6.45) is -0.0584. The number of hydrogen-bond acceptors (Lipinski definition) is 6. The molecule has 8 heteroatoms. The summed E-state index contributed by atoms with van der Waals surface area (Å²) in [6, 6.07) is 16.4. The first-order chi connectivity index (χ1) is 14.2. The maximum absolute atomic E-state index is 14.0. The largest absolute Gasteiger partial charge is 0.494 e. The molecule has 1 aliphatic heterocycles. The van der Waals surface area contributed by atoms with Crippen molar-refractivity contribution in [2.45, 2.75) is 19.3 Å². The fourth-order valence-electron chi connectivity index (χ4n) is 3.35. The van der Waals surface area contributed by atoms with Gasteiger partial charge in [0.25, 0.3) is 5.89 Å². The van der Waals surface area contributed by atoms with Gasteiger partial charge in [0.15, 0.2) is 17.3 Å². The van der Waals surface area contributed by atoms with Gasteiger partial charge >= 0.3 is 0 Å². The first-order valence-electron chi connectivity index (χ1n) is 9.12. The third-order valence-corrected chi connectivity index (χ3v) is 4.86. The van der Waals surface area contributed by atoms with E-state index in [1.807, 2.05) is 41.1 Å². The molecule has 29 heavy (non-hydrogen) atoms. The van der Waals surface area contributed by atoms with Gasteiger partial charge in [0.1, 0.15) is 6.10 Å². The molecular weight excluding hydrogens is 375 g/mol. The van der Waals surface area contributed by atoms with Crippen molar-refractivity contribution in [3.8, 4) is 28.7 Å². The molecule has 5 rings (SSSR count). The van der Waals surface area contributed by atoms with Crippen molar-refractivity contribution in [1.82, 2.24) is 19.9 Å². The molecule has 0 aliphatic carbocycles. The number of nitrogens with zero attached hydrogens (tertiary/aromatic N) is 4. The molecule has 0 amide bonds. The highest BCUT2D eigenvalue weighted by Gasteiger charge is 2.24. The first-order valence-corrected chi connectivity index (χ1v) is 9.12. The summed E-state index contributed by atoms with van der Waals surface area (Å²) in [5, 5.41) is 8.55. The van der Waals surface area contributed by atoms with Gasteiger partial charge in [-0.05, 0) is 29.8 Å². The van der Waals surface area contributed by atoms with E-state index in [0.29, 0.717) is 24.4 Å². The molecule has 2 aromatic carbocycles. The molecule has 0 fully saturated rings. The topological polar surface area (TPSA) is 75.2 Å². The predicted molar refractivity (Wildman–Crippen MR) is 101 cm³/mol. The van der Waals surface area contributed by atoms with Crippen molar-refractivity contribution in [2.24, 2.45) is 0 Å². The summed E-state index contributed by atoms with van der Waals surface area (Å²) in [7, 11) is 1.41. The summed E-state index contributed by atoms with van der Waals surface area (Å²) in [4.78, 5) is 4.37. The third-order valence-electron chi connectivity index (χ3n) is 4.86. The smallest absolute Gasteiger partial charge is 0.278 e. The Balaban J connectivity index is 1.40. The maximum atomic E-state index is 14.0. The number of ether oxygens (including phenoxy) is 2. The van der Waals surface area contributed by atoms with E-state index < -0.39 is 5.82 Å². The van der Waals surface area contributed by atoms with Crippen LogP contribution in [0, 0.1) is 5.82 Å². The predicted octanol–water partition coefficient (Wildman–Crippen LogP) is 4.02. The van der Waals surface area contributed by atoms with E-state index in [4.69, 9.17) is 14.0 Å². The molecule has 3 heterocycles. The van der Waals surface area contributed by atoms with E-state index in [1.165, 1.54) is 19.2 Å². The molecule has 146 valence electrons.